The molecule has 2 heterocycles. The van der Waals surface area contributed by atoms with E-state index in [2.05, 4.69) is 24.9 Å². The highest BCUT2D eigenvalue weighted by Gasteiger charge is 2.31. The Labute approximate surface area is 194 Å². The third kappa shape index (κ3) is 4.13. The van der Waals surface area contributed by atoms with E-state index in [-0.39, 0.29) is 11.8 Å². The van der Waals surface area contributed by atoms with Gasteiger partial charge < -0.3 is 4.90 Å². The fraction of sp³-hybridized carbons (Fsp3) is 0.333. The van der Waals surface area contributed by atoms with Crippen LogP contribution in [0.25, 0.3) is 11.4 Å². The predicted molar refractivity (Wildman–Crippen MR) is 128 cm³/mol. The molecule has 1 aliphatic carbocycles. The van der Waals surface area contributed by atoms with E-state index >= 15 is 0 Å². The predicted octanol–water partition coefficient (Wildman–Crippen LogP) is 4.59. The lowest BCUT2D eigenvalue weighted by atomic mass is 9.97. The number of aromatic nitrogens is 2. The number of anilines is 1. The summed E-state index contributed by atoms with van der Waals surface area (Å²) in [5.74, 6) is 1.73. The van der Waals surface area contributed by atoms with Crippen LogP contribution in [0, 0.1) is 0 Å². The summed E-state index contributed by atoms with van der Waals surface area (Å²) in [6.45, 7) is 4.72. The smallest absolute Gasteiger partial charge is 0.253 e. The van der Waals surface area contributed by atoms with Gasteiger partial charge in [0.25, 0.3) is 5.91 Å². The van der Waals surface area contributed by atoms with Crippen molar-refractivity contribution in [3.63, 3.8) is 0 Å². The van der Waals surface area contributed by atoms with E-state index in [1.807, 2.05) is 54.4 Å². The first kappa shape index (κ1) is 21.3. The fourth-order valence-corrected chi connectivity index (χ4v) is 4.40. The molecular formula is C27H28N4O2. The molecule has 0 saturated heterocycles. The molecule has 0 bridgehead atoms. The highest BCUT2D eigenvalue weighted by Crippen LogP contribution is 2.33. The number of benzene rings is 2. The van der Waals surface area contributed by atoms with E-state index in [4.69, 9.17) is 4.98 Å². The second kappa shape index (κ2) is 8.43. The second-order valence-corrected chi connectivity index (χ2v) is 9.29. The van der Waals surface area contributed by atoms with Gasteiger partial charge in [-0.1, -0.05) is 50.2 Å². The number of carbonyl (C=O) groups excluding carboxylic acids is 2. The molecule has 6 nitrogen and oxygen atoms in total. The highest BCUT2D eigenvalue weighted by molar-refractivity contribution is 6.00. The summed E-state index contributed by atoms with van der Waals surface area (Å²) < 4.78 is 0. The molecule has 0 N–H and O–H groups in total. The van der Waals surface area contributed by atoms with Gasteiger partial charge in [-0.25, -0.2) is 9.97 Å². The van der Waals surface area contributed by atoms with Gasteiger partial charge in [0.15, 0.2) is 5.82 Å². The highest BCUT2D eigenvalue weighted by atomic mass is 16.2. The Morgan fingerprint density at radius 2 is 1.85 bits per heavy atom. The van der Waals surface area contributed by atoms with Crippen LogP contribution in [0.2, 0.25) is 0 Å². The molecule has 0 atom stereocenters. The monoisotopic (exact) mass is 440 g/mol. The normalized spacial score (nSPS) is 15.2. The maximum Gasteiger partial charge on any atom is 0.253 e. The fourth-order valence-electron chi connectivity index (χ4n) is 4.40. The number of rotatable bonds is 6. The van der Waals surface area contributed by atoms with Crippen LogP contribution in [0.5, 0.6) is 0 Å². The number of amides is 2. The quantitative estimate of drug-likeness (QED) is 0.562. The molecule has 168 valence electrons. The number of hydrogen-bond donors (Lipinski definition) is 0. The SMILES string of the molecule is CC(C)c1ccccc1-c1ncc2c(n1)N(Cc1ccc(C(=O)N(C)C3CC3)cc1)C(=O)C2. The van der Waals surface area contributed by atoms with Crippen molar-refractivity contribution in [2.24, 2.45) is 0 Å². The maximum atomic E-state index is 12.8. The third-order valence-electron chi connectivity index (χ3n) is 6.52. The van der Waals surface area contributed by atoms with Gasteiger partial charge in [-0.3, -0.25) is 14.5 Å². The Hall–Kier alpha value is -3.54. The molecule has 0 spiro atoms. The van der Waals surface area contributed by atoms with Gasteiger partial charge in [-0.2, -0.15) is 0 Å². The number of nitrogens with zero attached hydrogens (tertiary/aromatic N) is 4. The third-order valence-corrected chi connectivity index (χ3v) is 6.52. The lowest BCUT2D eigenvalue weighted by molar-refractivity contribution is -0.117. The summed E-state index contributed by atoms with van der Waals surface area (Å²) in [5.41, 5.74) is 4.67. The first-order chi connectivity index (χ1) is 15.9. The molecule has 33 heavy (non-hydrogen) atoms. The van der Waals surface area contributed by atoms with Gasteiger partial charge in [-0.05, 0) is 42.0 Å². The molecule has 0 radical (unpaired) electrons. The number of carbonyl (C=O) groups is 2. The molecule has 1 aliphatic heterocycles. The largest absolute Gasteiger partial charge is 0.339 e. The van der Waals surface area contributed by atoms with Crippen LogP contribution in [0.4, 0.5) is 5.82 Å². The number of hydrogen-bond acceptors (Lipinski definition) is 4. The summed E-state index contributed by atoms with van der Waals surface area (Å²) in [6.07, 6.45) is 4.26. The van der Waals surface area contributed by atoms with Crippen LogP contribution in [0.1, 0.15) is 59.7 Å². The van der Waals surface area contributed by atoms with Crippen molar-refractivity contribution in [2.75, 3.05) is 11.9 Å². The average Bonchev–Trinajstić information content (AvgIpc) is 3.63. The van der Waals surface area contributed by atoms with E-state index in [0.29, 0.717) is 42.1 Å². The van der Waals surface area contributed by atoms with Gasteiger partial charge in [0.2, 0.25) is 5.91 Å². The van der Waals surface area contributed by atoms with Crippen LogP contribution >= 0.6 is 0 Å². The van der Waals surface area contributed by atoms with Gasteiger partial charge in [0.05, 0.1) is 13.0 Å². The summed E-state index contributed by atoms with van der Waals surface area (Å²) in [5, 5.41) is 0. The standard InChI is InChI=1S/C27H28N4O2/c1-17(2)22-6-4-5-7-23(22)25-28-15-20-14-24(32)31(26(20)29-25)16-18-8-10-19(11-9-18)27(33)30(3)21-12-13-21/h4-11,15,17,21H,12-14,16H2,1-3H3. The van der Waals surface area contributed by atoms with Gasteiger partial charge >= 0.3 is 0 Å². The van der Waals surface area contributed by atoms with E-state index < -0.39 is 0 Å². The zero-order valence-electron chi connectivity index (χ0n) is 19.3. The molecule has 2 aliphatic rings. The molecular weight excluding hydrogens is 412 g/mol. The van der Waals surface area contributed by atoms with Crippen LogP contribution < -0.4 is 4.90 Å². The van der Waals surface area contributed by atoms with Crippen molar-refractivity contribution in [1.82, 2.24) is 14.9 Å². The lowest BCUT2D eigenvalue weighted by Crippen LogP contribution is -2.29. The van der Waals surface area contributed by atoms with E-state index in [1.54, 1.807) is 11.1 Å². The lowest BCUT2D eigenvalue weighted by Gasteiger charge is -2.19. The molecule has 5 rings (SSSR count). The molecule has 1 aromatic heterocycles. The Morgan fingerprint density at radius 1 is 1.12 bits per heavy atom. The van der Waals surface area contributed by atoms with Crippen LogP contribution in [-0.4, -0.2) is 39.8 Å². The van der Waals surface area contributed by atoms with E-state index in [0.717, 1.165) is 29.5 Å². The Bertz CT molecular complexity index is 1220. The first-order valence-corrected chi connectivity index (χ1v) is 11.5. The van der Waals surface area contributed by atoms with E-state index in [1.165, 1.54) is 5.56 Å². The molecule has 2 aromatic carbocycles. The molecule has 1 saturated carbocycles. The first-order valence-electron chi connectivity index (χ1n) is 11.5. The van der Waals surface area contributed by atoms with Crippen molar-refractivity contribution in [2.45, 2.75) is 51.6 Å². The molecule has 1 fully saturated rings. The van der Waals surface area contributed by atoms with Gasteiger partial charge in [-0.15, -0.1) is 0 Å². The Kier molecular flexibility index (Phi) is 5.44. The van der Waals surface area contributed by atoms with Crippen molar-refractivity contribution in [3.8, 4) is 11.4 Å². The molecule has 2 amide bonds. The van der Waals surface area contributed by atoms with Crippen LogP contribution in [-0.2, 0) is 17.8 Å². The van der Waals surface area contributed by atoms with Crippen LogP contribution in [0.15, 0.2) is 54.7 Å². The average molecular weight is 441 g/mol. The molecule has 3 aromatic rings. The summed E-state index contributed by atoms with van der Waals surface area (Å²) in [6, 6.07) is 16.1. The Morgan fingerprint density at radius 3 is 2.55 bits per heavy atom. The second-order valence-electron chi connectivity index (χ2n) is 9.29. The Balaban J connectivity index is 1.39. The summed E-state index contributed by atoms with van der Waals surface area (Å²) in [7, 11) is 1.86. The van der Waals surface area contributed by atoms with Crippen molar-refractivity contribution in [1.29, 1.82) is 0 Å². The van der Waals surface area contributed by atoms with E-state index in [9.17, 15) is 9.59 Å². The maximum absolute atomic E-state index is 12.8. The number of fused-ring (bicyclic) bond motifs is 1. The molecule has 6 heteroatoms. The van der Waals surface area contributed by atoms with Crippen molar-refractivity contribution >= 4 is 17.6 Å². The van der Waals surface area contributed by atoms with Gasteiger partial charge in [0, 0.05) is 36.0 Å². The zero-order valence-corrected chi connectivity index (χ0v) is 19.3. The minimum atomic E-state index is 0.0159. The molecule has 0 unspecified atom stereocenters. The summed E-state index contributed by atoms with van der Waals surface area (Å²) >= 11 is 0. The zero-order chi connectivity index (χ0) is 23.1. The topological polar surface area (TPSA) is 66.4 Å². The minimum Gasteiger partial charge on any atom is -0.339 e. The minimum absolute atomic E-state index is 0.0159. The van der Waals surface area contributed by atoms with Crippen LogP contribution in [0.3, 0.4) is 0 Å². The van der Waals surface area contributed by atoms with Crippen molar-refractivity contribution in [3.05, 3.63) is 77.0 Å². The summed E-state index contributed by atoms with van der Waals surface area (Å²) in [4.78, 5) is 38.3. The van der Waals surface area contributed by atoms with Crippen molar-refractivity contribution < 1.29 is 9.59 Å². The van der Waals surface area contributed by atoms with Gasteiger partial charge in [0.1, 0.15) is 5.82 Å².